The molecule has 0 aromatic carbocycles. The van der Waals surface area contributed by atoms with Gasteiger partial charge in [-0.15, -0.1) is 0 Å². The zero-order valence-electron chi connectivity index (χ0n) is 15.0. The number of fused-ring (bicyclic) bond motifs is 3. The van der Waals surface area contributed by atoms with E-state index in [1.54, 1.807) is 6.92 Å². The summed E-state index contributed by atoms with van der Waals surface area (Å²) in [5.41, 5.74) is 9.70. The first-order valence-corrected chi connectivity index (χ1v) is 9.01. The normalized spacial score (nSPS) is 16.4. The van der Waals surface area contributed by atoms with Crippen molar-refractivity contribution >= 4 is 11.5 Å². The lowest BCUT2D eigenvalue weighted by Gasteiger charge is -2.18. The van der Waals surface area contributed by atoms with Crippen molar-refractivity contribution in [2.75, 3.05) is 0 Å². The molecular weight excluding hydrogens is 346 g/mol. The molecule has 7 nitrogen and oxygen atoms in total. The van der Waals surface area contributed by atoms with Crippen molar-refractivity contribution in [1.29, 1.82) is 0 Å². The minimum atomic E-state index is -1.44. The van der Waals surface area contributed by atoms with Crippen LogP contribution in [0, 0.1) is 0 Å². The Balaban J connectivity index is 1.90. The molecule has 7 heteroatoms. The number of hydrogen-bond acceptors (Lipinski definition) is 4. The van der Waals surface area contributed by atoms with Gasteiger partial charge < -0.3 is 25.3 Å². The van der Waals surface area contributed by atoms with Crippen LogP contribution in [-0.4, -0.2) is 31.6 Å². The molecule has 0 spiro atoms. The summed E-state index contributed by atoms with van der Waals surface area (Å²) in [6.07, 6.45) is 5.06. The van der Waals surface area contributed by atoms with Gasteiger partial charge in [0.2, 0.25) is 0 Å². The van der Waals surface area contributed by atoms with Gasteiger partial charge in [0.1, 0.15) is 5.75 Å². The minimum Gasteiger partial charge on any atom is -0.506 e. The molecule has 3 heterocycles. The monoisotopic (exact) mass is 367 g/mol. The van der Waals surface area contributed by atoms with Crippen LogP contribution in [0.5, 0.6) is 5.75 Å². The van der Waals surface area contributed by atoms with E-state index in [2.05, 4.69) is 15.5 Å². The van der Waals surface area contributed by atoms with Crippen LogP contribution in [0.1, 0.15) is 40.5 Å². The maximum absolute atomic E-state index is 12.2. The van der Waals surface area contributed by atoms with Crippen molar-refractivity contribution in [3.8, 4) is 17.0 Å². The molecule has 0 bridgehead atoms. The van der Waals surface area contributed by atoms with Crippen molar-refractivity contribution in [3.05, 3.63) is 57.1 Å². The maximum atomic E-state index is 12.2. The van der Waals surface area contributed by atoms with Gasteiger partial charge in [0.15, 0.2) is 5.56 Å². The van der Waals surface area contributed by atoms with E-state index >= 15 is 0 Å². The molecule has 1 unspecified atom stereocenters. The van der Waals surface area contributed by atoms with Crippen molar-refractivity contribution in [2.24, 2.45) is 5.73 Å². The highest BCUT2D eigenvalue weighted by molar-refractivity contribution is 5.92. The standard InChI is InChI=1S/C20H21N3O4/c1-2-14-17(22-19(25)16(18(14)24)20(26)27)10-5-6-23-13(8-10)9-11-7-12(21)3-4-15(11)23/h5-6,8-9,12H,2-4,7,21H2,1H3,(H,26,27)(H2,22,24,25). The molecule has 0 saturated heterocycles. The van der Waals surface area contributed by atoms with Crippen LogP contribution in [0.15, 0.2) is 29.2 Å². The highest BCUT2D eigenvalue weighted by Gasteiger charge is 2.23. The van der Waals surface area contributed by atoms with Crippen molar-refractivity contribution in [1.82, 2.24) is 9.38 Å². The average Bonchev–Trinajstić information content (AvgIpc) is 2.97. The fraction of sp³-hybridized carbons (Fsp3) is 0.300. The summed E-state index contributed by atoms with van der Waals surface area (Å²) in [7, 11) is 0. The summed E-state index contributed by atoms with van der Waals surface area (Å²) < 4.78 is 2.12. The van der Waals surface area contributed by atoms with Gasteiger partial charge >= 0.3 is 5.97 Å². The Kier molecular flexibility index (Phi) is 4.04. The first-order valence-electron chi connectivity index (χ1n) is 9.01. The Morgan fingerprint density at radius 3 is 2.89 bits per heavy atom. The smallest absolute Gasteiger partial charge is 0.345 e. The van der Waals surface area contributed by atoms with E-state index in [0.29, 0.717) is 17.7 Å². The lowest BCUT2D eigenvalue weighted by atomic mass is 9.94. The number of rotatable bonds is 3. The van der Waals surface area contributed by atoms with E-state index < -0.39 is 22.8 Å². The molecule has 0 fully saturated rings. The van der Waals surface area contributed by atoms with Crippen LogP contribution >= 0.6 is 0 Å². The fourth-order valence-electron chi connectivity index (χ4n) is 4.03. The summed E-state index contributed by atoms with van der Waals surface area (Å²) in [4.78, 5) is 26.1. The molecule has 0 saturated carbocycles. The Bertz CT molecular complexity index is 1130. The SMILES string of the molecule is CCc1c(-c2ccn3c4c(cc3c2)CC(N)CC4)[nH]c(=O)c(C(=O)O)c1O. The van der Waals surface area contributed by atoms with Gasteiger partial charge in [0.25, 0.3) is 5.56 Å². The minimum absolute atomic E-state index is 0.179. The molecule has 5 N–H and O–H groups in total. The second-order valence-corrected chi connectivity index (χ2v) is 7.02. The number of nitrogens with one attached hydrogen (secondary N) is 1. The summed E-state index contributed by atoms with van der Waals surface area (Å²) in [6.45, 7) is 1.80. The van der Waals surface area contributed by atoms with Gasteiger partial charge in [-0.25, -0.2) is 4.79 Å². The molecule has 0 amide bonds. The van der Waals surface area contributed by atoms with Crippen molar-refractivity contribution in [2.45, 2.75) is 38.6 Å². The molecular formula is C20H21N3O4. The van der Waals surface area contributed by atoms with E-state index in [-0.39, 0.29) is 6.04 Å². The quantitative estimate of drug-likeness (QED) is 0.565. The first kappa shape index (κ1) is 17.4. The van der Waals surface area contributed by atoms with Gasteiger partial charge in [-0.1, -0.05) is 6.92 Å². The molecule has 0 aliphatic heterocycles. The topological polar surface area (TPSA) is 121 Å². The number of hydrogen-bond donors (Lipinski definition) is 4. The number of nitrogens with two attached hydrogens (primary N) is 1. The predicted octanol–water partition coefficient (Wildman–Crippen LogP) is 2.08. The number of pyridine rings is 2. The van der Waals surface area contributed by atoms with E-state index in [9.17, 15) is 19.8 Å². The molecule has 1 aliphatic carbocycles. The number of aryl methyl sites for hydroxylation is 1. The third kappa shape index (κ3) is 2.71. The first-order chi connectivity index (χ1) is 12.9. The number of aromatic carboxylic acids is 1. The number of carboxylic acids is 1. The van der Waals surface area contributed by atoms with Crippen LogP contribution in [0.25, 0.3) is 16.8 Å². The second-order valence-electron chi connectivity index (χ2n) is 7.02. The van der Waals surface area contributed by atoms with Gasteiger partial charge in [0.05, 0.1) is 5.69 Å². The van der Waals surface area contributed by atoms with Crippen LogP contribution in [-0.2, 0) is 19.3 Å². The molecule has 3 aromatic rings. The highest BCUT2D eigenvalue weighted by Crippen LogP contribution is 2.32. The van der Waals surface area contributed by atoms with Crippen molar-refractivity contribution < 1.29 is 15.0 Å². The lowest BCUT2D eigenvalue weighted by molar-refractivity contribution is 0.0691. The van der Waals surface area contributed by atoms with E-state index in [4.69, 9.17) is 5.73 Å². The Labute approximate surface area is 155 Å². The Hall–Kier alpha value is -3.06. The van der Waals surface area contributed by atoms with Crippen LogP contribution in [0.3, 0.4) is 0 Å². The van der Waals surface area contributed by atoms with E-state index in [0.717, 1.165) is 30.3 Å². The van der Waals surface area contributed by atoms with E-state index in [1.165, 1.54) is 11.3 Å². The van der Waals surface area contributed by atoms with Crippen LogP contribution in [0.2, 0.25) is 0 Å². The molecule has 140 valence electrons. The summed E-state index contributed by atoms with van der Waals surface area (Å²) >= 11 is 0. The Morgan fingerprint density at radius 1 is 1.41 bits per heavy atom. The third-order valence-electron chi connectivity index (χ3n) is 5.35. The van der Waals surface area contributed by atoms with Gasteiger partial charge in [-0.2, -0.15) is 0 Å². The summed E-state index contributed by atoms with van der Waals surface area (Å²) in [5.74, 6) is -1.91. The van der Waals surface area contributed by atoms with E-state index in [1.807, 2.05) is 18.3 Å². The maximum Gasteiger partial charge on any atom is 0.345 e. The second kappa shape index (κ2) is 6.28. The van der Waals surface area contributed by atoms with Crippen LogP contribution in [0.4, 0.5) is 0 Å². The number of carbonyl (C=O) groups is 1. The number of H-pyrrole nitrogens is 1. The zero-order chi connectivity index (χ0) is 19.3. The molecule has 3 aromatic heterocycles. The van der Waals surface area contributed by atoms with Crippen LogP contribution < -0.4 is 11.3 Å². The summed E-state index contributed by atoms with van der Waals surface area (Å²) in [5, 5.41) is 19.5. The molecule has 27 heavy (non-hydrogen) atoms. The molecule has 0 radical (unpaired) electrons. The highest BCUT2D eigenvalue weighted by atomic mass is 16.4. The largest absolute Gasteiger partial charge is 0.506 e. The number of nitrogens with zero attached hydrogens (tertiary/aromatic N) is 1. The van der Waals surface area contributed by atoms with Gasteiger partial charge in [-0.3, -0.25) is 4.79 Å². The Morgan fingerprint density at radius 2 is 2.19 bits per heavy atom. The number of aromatic hydroxyl groups is 1. The predicted molar refractivity (Wildman–Crippen MR) is 101 cm³/mol. The molecule has 1 atom stereocenters. The van der Waals surface area contributed by atoms with Gasteiger partial charge in [-0.05, 0) is 49.4 Å². The van der Waals surface area contributed by atoms with Crippen molar-refractivity contribution in [3.63, 3.8) is 0 Å². The fourth-order valence-corrected chi connectivity index (χ4v) is 4.03. The lowest BCUT2D eigenvalue weighted by Crippen LogP contribution is -2.27. The van der Waals surface area contributed by atoms with Gasteiger partial charge in [0, 0.05) is 34.6 Å². The third-order valence-corrected chi connectivity index (χ3v) is 5.35. The number of aromatic nitrogens is 2. The summed E-state index contributed by atoms with van der Waals surface area (Å²) in [6, 6.07) is 6.09. The molecule has 1 aliphatic rings. The average molecular weight is 367 g/mol. The zero-order valence-corrected chi connectivity index (χ0v) is 15.0. The number of aromatic amines is 1. The number of carboxylic acid groups (broad SMARTS) is 1. The molecule has 4 rings (SSSR count).